The van der Waals surface area contributed by atoms with Crippen molar-refractivity contribution in [1.82, 2.24) is 0 Å². The van der Waals surface area contributed by atoms with E-state index < -0.39 is 12.1 Å². The first-order valence-electron chi connectivity index (χ1n) is 5.99. The summed E-state index contributed by atoms with van der Waals surface area (Å²) in [6, 6.07) is 9.84. The average Bonchev–Trinajstić information content (AvgIpc) is 2.45. The van der Waals surface area contributed by atoms with Crippen LogP contribution < -0.4 is 0 Å². The lowest BCUT2D eigenvalue weighted by Gasteiger charge is -2.09. The molecule has 4 nitrogen and oxygen atoms in total. The molecule has 0 aliphatic heterocycles. The summed E-state index contributed by atoms with van der Waals surface area (Å²) in [4.78, 5) is 10.7. The van der Waals surface area contributed by atoms with E-state index in [0.717, 1.165) is 11.6 Å². The fourth-order valence-corrected chi connectivity index (χ4v) is 1.31. The van der Waals surface area contributed by atoms with Crippen LogP contribution in [0.3, 0.4) is 0 Å². The lowest BCUT2D eigenvalue weighted by Crippen LogP contribution is -2.23. The molecule has 0 spiro atoms. The van der Waals surface area contributed by atoms with E-state index in [1.807, 2.05) is 42.5 Å². The van der Waals surface area contributed by atoms with Crippen molar-refractivity contribution in [2.75, 3.05) is 19.8 Å². The number of hydrogen-bond donors (Lipinski definition) is 1. The maximum absolute atomic E-state index is 10.7. The monoisotopic (exact) mass is 262 g/mol. The molecular formula is C15H18O4. The highest BCUT2D eigenvalue weighted by atomic mass is 16.5. The van der Waals surface area contributed by atoms with Crippen LogP contribution >= 0.6 is 0 Å². The summed E-state index contributed by atoms with van der Waals surface area (Å²) >= 11 is 0. The summed E-state index contributed by atoms with van der Waals surface area (Å²) in [7, 11) is 0. The van der Waals surface area contributed by atoms with E-state index >= 15 is 0 Å². The molecule has 1 N–H and O–H groups in total. The van der Waals surface area contributed by atoms with Crippen molar-refractivity contribution in [3.8, 4) is 0 Å². The Kier molecular flexibility index (Phi) is 7.24. The first-order valence-corrected chi connectivity index (χ1v) is 5.99. The SMILES string of the molecule is C=CC(=O)OCC(O)COC/C=C/c1ccccc1. The van der Waals surface area contributed by atoms with Gasteiger partial charge >= 0.3 is 5.97 Å². The average molecular weight is 262 g/mol. The minimum Gasteiger partial charge on any atom is -0.460 e. The summed E-state index contributed by atoms with van der Waals surface area (Å²) in [6.45, 7) is 3.67. The molecule has 0 aliphatic carbocycles. The predicted molar refractivity (Wildman–Crippen MR) is 73.5 cm³/mol. The second kappa shape index (κ2) is 9.08. The van der Waals surface area contributed by atoms with E-state index in [1.165, 1.54) is 0 Å². The van der Waals surface area contributed by atoms with E-state index in [-0.39, 0.29) is 13.2 Å². The van der Waals surface area contributed by atoms with Crippen LogP contribution in [0.4, 0.5) is 0 Å². The molecule has 102 valence electrons. The van der Waals surface area contributed by atoms with Crippen molar-refractivity contribution >= 4 is 12.0 Å². The molecule has 1 unspecified atom stereocenters. The van der Waals surface area contributed by atoms with Crippen LogP contribution in [0, 0.1) is 0 Å². The molecule has 4 heteroatoms. The Morgan fingerprint density at radius 1 is 1.32 bits per heavy atom. The van der Waals surface area contributed by atoms with Gasteiger partial charge in [-0.15, -0.1) is 0 Å². The van der Waals surface area contributed by atoms with Crippen LogP contribution in [0.2, 0.25) is 0 Å². The summed E-state index contributed by atoms with van der Waals surface area (Å²) in [5.41, 5.74) is 1.09. The third kappa shape index (κ3) is 7.18. The number of aliphatic hydroxyl groups excluding tert-OH is 1. The van der Waals surface area contributed by atoms with Gasteiger partial charge in [0.1, 0.15) is 12.7 Å². The highest BCUT2D eigenvalue weighted by Gasteiger charge is 2.06. The second-order valence-electron chi connectivity index (χ2n) is 3.84. The quantitative estimate of drug-likeness (QED) is 0.441. The molecule has 0 saturated carbocycles. The molecule has 19 heavy (non-hydrogen) atoms. The molecule has 0 fully saturated rings. The fourth-order valence-electron chi connectivity index (χ4n) is 1.31. The molecule has 1 aromatic carbocycles. The summed E-state index contributed by atoms with van der Waals surface area (Å²) in [5, 5.41) is 9.45. The van der Waals surface area contributed by atoms with E-state index in [1.54, 1.807) is 0 Å². The Hall–Kier alpha value is -1.91. The number of rotatable bonds is 8. The summed E-state index contributed by atoms with van der Waals surface area (Å²) in [5.74, 6) is -0.553. The highest BCUT2D eigenvalue weighted by molar-refractivity contribution is 5.81. The zero-order chi connectivity index (χ0) is 13.9. The smallest absolute Gasteiger partial charge is 0.330 e. The zero-order valence-corrected chi connectivity index (χ0v) is 10.7. The molecule has 0 heterocycles. The van der Waals surface area contributed by atoms with Crippen molar-refractivity contribution < 1.29 is 19.4 Å². The normalized spacial score (nSPS) is 12.3. The highest BCUT2D eigenvalue weighted by Crippen LogP contribution is 2.00. The number of ether oxygens (including phenoxy) is 2. The summed E-state index contributed by atoms with van der Waals surface area (Å²) < 4.78 is 9.90. The summed E-state index contributed by atoms with van der Waals surface area (Å²) in [6.07, 6.45) is 4.02. The molecule has 0 saturated heterocycles. The van der Waals surface area contributed by atoms with Crippen LogP contribution in [0.1, 0.15) is 5.56 Å². The molecule has 1 rings (SSSR count). The Morgan fingerprint density at radius 3 is 2.74 bits per heavy atom. The molecule has 1 atom stereocenters. The van der Waals surface area contributed by atoms with Gasteiger partial charge in [-0.05, 0) is 5.56 Å². The Labute approximate surface area is 113 Å². The maximum Gasteiger partial charge on any atom is 0.330 e. The van der Waals surface area contributed by atoms with Gasteiger partial charge in [0.25, 0.3) is 0 Å². The maximum atomic E-state index is 10.7. The van der Waals surface area contributed by atoms with Crippen molar-refractivity contribution in [3.63, 3.8) is 0 Å². The van der Waals surface area contributed by atoms with Crippen molar-refractivity contribution in [1.29, 1.82) is 0 Å². The number of carbonyl (C=O) groups excluding carboxylic acids is 1. The van der Waals surface area contributed by atoms with Crippen LogP contribution in [0.5, 0.6) is 0 Å². The van der Waals surface area contributed by atoms with Crippen LogP contribution in [0.25, 0.3) is 6.08 Å². The topological polar surface area (TPSA) is 55.8 Å². The molecule has 0 aromatic heterocycles. The molecule has 0 radical (unpaired) electrons. The van der Waals surface area contributed by atoms with Crippen molar-refractivity contribution in [2.45, 2.75) is 6.10 Å². The van der Waals surface area contributed by atoms with Crippen LogP contribution in [0.15, 0.2) is 49.1 Å². The number of aliphatic hydroxyl groups is 1. The third-order valence-corrected chi connectivity index (χ3v) is 2.22. The second-order valence-corrected chi connectivity index (χ2v) is 3.84. The predicted octanol–water partition coefficient (Wildman–Crippen LogP) is 1.81. The van der Waals surface area contributed by atoms with Gasteiger partial charge in [-0.3, -0.25) is 0 Å². The Morgan fingerprint density at radius 2 is 2.05 bits per heavy atom. The first-order chi connectivity index (χ1) is 9.22. The first kappa shape index (κ1) is 15.1. The molecule has 1 aromatic rings. The van der Waals surface area contributed by atoms with Crippen LogP contribution in [-0.4, -0.2) is 37.0 Å². The van der Waals surface area contributed by atoms with E-state index in [0.29, 0.717) is 6.61 Å². The fraction of sp³-hybridized carbons (Fsp3) is 0.267. The van der Waals surface area contributed by atoms with E-state index in [4.69, 9.17) is 4.74 Å². The number of benzene rings is 1. The van der Waals surface area contributed by atoms with E-state index in [2.05, 4.69) is 11.3 Å². The number of carbonyl (C=O) groups is 1. The Bertz CT molecular complexity index is 411. The molecule has 0 amide bonds. The minimum absolute atomic E-state index is 0.0900. The Balaban J connectivity index is 2.12. The van der Waals surface area contributed by atoms with Gasteiger partial charge in [0.15, 0.2) is 0 Å². The van der Waals surface area contributed by atoms with Crippen molar-refractivity contribution in [3.05, 3.63) is 54.6 Å². The van der Waals surface area contributed by atoms with Crippen LogP contribution in [-0.2, 0) is 14.3 Å². The largest absolute Gasteiger partial charge is 0.460 e. The van der Waals surface area contributed by atoms with Gasteiger partial charge in [0, 0.05) is 6.08 Å². The lowest BCUT2D eigenvalue weighted by atomic mass is 10.2. The lowest BCUT2D eigenvalue weighted by molar-refractivity contribution is -0.141. The van der Waals surface area contributed by atoms with Crippen molar-refractivity contribution in [2.24, 2.45) is 0 Å². The van der Waals surface area contributed by atoms with Gasteiger partial charge in [0.2, 0.25) is 0 Å². The minimum atomic E-state index is -0.825. The molecular weight excluding hydrogens is 244 g/mol. The van der Waals surface area contributed by atoms with Gasteiger partial charge < -0.3 is 14.6 Å². The standard InChI is InChI=1S/C15H18O4/c1-2-15(17)19-12-14(16)11-18-10-6-9-13-7-4-3-5-8-13/h2-9,14,16H,1,10-12H2/b9-6+. The van der Waals surface area contributed by atoms with Gasteiger partial charge in [-0.1, -0.05) is 49.1 Å². The molecule has 0 bridgehead atoms. The zero-order valence-electron chi connectivity index (χ0n) is 10.7. The van der Waals surface area contributed by atoms with Gasteiger partial charge in [-0.2, -0.15) is 0 Å². The number of esters is 1. The molecule has 0 aliphatic rings. The van der Waals surface area contributed by atoms with E-state index in [9.17, 15) is 9.90 Å². The van der Waals surface area contributed by atoms with Gasteiger partial charge in [-0.25, -0.2) is 4.79 Å². The third-order valence-electron chi connectivity index (χ3n) is 2.22. The van der Waals surface area contributed by atoms with Gasteiger partial charge in [0.05, 0.1) is 13.2 Å². The number of hydrogen-bond acceptors (Lipinski definition) is 4.